The van der Waals surface area contributed by atoms with Crippen LogP contribution in [0.2, 0.25) is 0 Å². The van der Waals surface area contributed by atoms with Gasteiger partial charge in [0.15, 0.2) is 0 Å². The molecule has 6 nitrogen and oxygen atoms in total. The molecule has 1 heterocycles. The fourth-order valence-corrected chi connectivity index (χ4v) is 2.15. The van der Waals surface area contributed by atoms with Gasteiger partial charge in [-0.15, -0.1) is 12.4 Å². The first kappa shape index (κ1) is 17.4. The predicted octanol–water partition coefficient (Wildman–Crippen LogP) is 1.16. The zero-order valence-electron chi connectivity index (χ0n) is 11.5. The second kappa shape index (κ2) is 7.97. The molecule has 1 aliphatic heterocycles. The van der Waals surface area contributed by atoms with Crippen molar-refractivity contribution in [2.24, 2.45) is 5.73 Å². The maximum atomic E-state index is 12.3. The first-order valence-electron chi connectivity index (χ1n) is 6.54. The fourth-order valence-electron chi connectivity index (χ4n) is 2.15. The number of carbonyl (C=O) groups excluding carboxylic acids is 1. The van der Waals surface area contributed by atoms with E-state index in [1.807, 2.05) is 24.3 Å². The summed E-state index contributed by atoms with van der Waals surface area (Å²) in [6, 6.07) is 6.56. The van der Waals surface area contributed by atoms with E-state index in [1.54, 1.807) is 4.90 Å². The number of hydrogen-bond donors (Lipinski definition) is 2. The van der Waals surface area contributed by atoms with Gasteiger partial charge in [-0.05, 0) is 12.5 Å². The molecule has 0 saturated heterocycles. The number of halogens is 1. The van der Waals surface area contributed by atoms with Crippen LogP contribution >= 0.6 is 12.4 Å². The molecule has 0 aliphatic carbocycles. The van der Waals surface area contributed by atoms with Crippen molar-refractivity contribution in [1.29, 1.82) is 0 Å². The number of fused-ring (bicyclic) bond motifs is 1. The van der Waals surface area contributed by atoms with Gasteiger partial charge in [0.1, 0.15) is 6.04 Å². The minimum atomic E-state index is -1.09. The number of nitrogens with two attached hydrogens (primary N) is 1. The van der Waals surface area contributed by atoms with Gasteiger partial charge in [0, 0.05) is 24.2 Å². The zero-order chi connectivity index (χ0) is 14.5. The number of nitrogens with zero attached hydrogens (tertiary/aromatic N) is 1. The Balaban J connectivity index is 0.00000220. The molecule has 0 saturated carbocycles. The molecule has 0 unspecified atom stereocenters. The lowest BCUT2D eigenvalue weighted by atomic mass is 10.1. The van der Waals surface area contributed by atoms with Crippen LogP contribution in [0.5, 0.6) is 0 Å². The third kappa shape index (κ3) is 4.42. The van der Waals surface area contributed by atoms with Crippen LogP contribution in [-0.2, 0) is 20.9 Å². The van der Waals surface area contributed by atoms with Crippen LogP contribution in [0.25, 0.3) is 0 Å². The molecule has 116 valence electrons. The van der Waals surface area contributed by atoms with Gasteiger partial charge in [-0.1, -0.05) is 18.2 Å². The Kier molecular flexibility index (Phi) is 6.61. The van der Waals surface area contributed by atoms with Crippen LogP contribution in [0.1, 0.15) is 18.4 Å². The van der Waals surface area contributed by atoms with Crippen LogP contribution in [-0.4, -0.2) is 36.2 Å². The predicted molar refractivity (Wildman–Crippen MR) is 80.5 cm³/mol. The maximum absolute atomic E-state index is 12.3. The van der Waals surface area contributed by atoms with Gasteiger partial charge in [-0.25, -0.2) is 0 Å². The van der Waals surface area contributed by atoms with E-state index in [0.29, 0.717) is 19.8 Å². The van der Waals surface area contributed by atoms with Crippen molar-refractivity contribution < 1.29 is 19.4 Å². The highest BCUT2D eigenvalue weighted by molar-refractivity contribution is 5.94. The number of carboxylic acids is 1. The van der Waals surface area contributed by atoms with E-state index in [9.17, 15) is 9.59 Å². The second-order valence-corrected chi connectivity index (χ2v) is 4.71. The highest BCUT2D eigenvalue weighted by Gasteiger charge is 2.22. The first-order valence-corrected chi connectivity index (χ1v) is 6.54. The molecule has 0 aromatic heterocycles. The van der Waals surface area contributed by atoms with Gasteiger partial charge in [0.05, 0.1) is 13.2 Å². The van der Waals surface area contributed by atoms with E-state index in [1.165, 1.54) is 0 Å². The van der Waals surface area contributed by atoms with Crippen molar-refractivity contribution in [2.45, 2.75) is 25.5 Å². The topological polar surface area (TPSA) is 92.9 Å². The average Bonchev–Trinajstić information content (AvgIpc) is 2.66. The molecule has 0 radical (unpaired) electrons. The van der Waals surface area contributed by atoms with Crippen LogP contribution in [0.15, 0.2) is 24.3 Å². The van der Waals surface area contributed by atoms with Crippen LogP contribution in [0.4, 0.5) is 5.69 Å². The lowest BCUT2D eigenvalue weighted by Gasteiger charge is -2.22. The number of para-hydroxylation sites is 1. The van der Waals surface area contributed by atoms with Crippen LogP contribution in [0.3, 0.4) is 0 Å². The van der Waals surface area contributed by atoms with E-state index in [4.69, 9.17) is 15.6 Å². The summed E-state index contributed by atoms with van der Waals surface area (Å²) in [6.45, 7) is 1.41. The van der Waals surface area contributed by atoms with Crippen molar-refractivity contribution in [3.63, 3.8) is 0 Å². The molecule has 0 bridgehead atoms. The summed E-state index contributed by atoms with van der Waals surface area (Å²) in [4.78, 5) is 24.6. The summed E-state index contributed by atoms with van der Waals surface area (Å²) in [6.07, 6.45) is 0.246. The highest BCUT2D eigenvalue weighted by atomic mass is 35.5. The molecule has 2 rings (SSSR count). The number of ether oxygens (including phenoxy) is 1. The van der Waals surface area contributed by atoms with Crippen molar-refractivity contribution in [1.82, 2.24) is 0 Å². The number of carboxylic acid groups (broad SMARTS) is 1. The number of carbonyl (C=O) groups is 2. The summed E-state index contributed by atoms with van der Waals surface area (Å²) < 4.78 is 5.45. The molecule has 1 aliphatic rings. The zero-order valence-corrected chi connectivity index (χ0v) is 12.3. The largest absolute Gasteiger partial charge is 0.480 e. The Bertz CT molecular complexity index is 510. The Hall–Kier alpha value is -1.63. The Morgan fingerprint density at radius 1 is 1.38 bits per heavy atom. The third-order valence-electron chi connectivity index (χ3n) is 3.29. The molecular weight excluding hydrogens is 296 g/mol. The SMILES string of the molecule is Cl.N[C@@H](CCC(=O)N1CCOCc2ccccc21)C(=O)O. The average molecular weight is 315 g/mol. The van der Waals surface area contributed by atoms with Crippen molar-refractivity contribution in [3.8, 4) is 0 Å². The van der Waals surface area contributed by atoms with E-state index < -0.39 is 12.0 Å². The van der Waals surface area contributed by atoms with E-state index in [0.717, 1.165) is 11.3 Å². The molecule has 21 heavy (non-hydrogen) atoms. The number of benzene rings is 1. The van der Waals surface area contributed by atoms with Crippen LogP contribution in [0, 0.1) is 0 Å². The van der Waals surface area contributed by atoms with Gasteiger partial charge in [-0.2, -0.15) is 0 Å². The number of amides is 1. The highest BCUT2D eigenvalue weighted by Crippen LogP contribution is 2.24. The second-order valence-electron chi connectivity index (χ2n) is 4.71. The number of hydrogen-bond acceptors (Lipinski definition) is 4. The number of rotatable bonds is 4. The summed E-state index contributed by atoms with van der Waals surface area (Å²) >= 11 is 0. The number of aliphatic carboxylic acids is 1. The maximum Gasteiger partial charge on any atom is 0.320 e. The Morgan fingerprint density at radius 2 is 2.10 bits per heavy atom. The number of anilines is 1. The molecule has 7 heteroatoms. The van der Waals surface area contributed by atoms with Gasteiger partial charge in [-0.3, -0.25) is 9.59 Å². The first-order chi connectivity index (χ1) is 9.59. The molecule has 3 N–H and O–H groups in total. The summed E-state index contributed by atoms with van der Waals surface area (Å²) in [5, 5.41) is 8.74. The van der Waals surface area contributed by atoms with Crippen molar-refractivity contribution in [3.05, 3.63) is 29.8 Å². The fraction of sp³-hybridized carbons (Fsp3) is 0.429. The summed E-state index contributed by atoms with van der Waals surface area (Å²) in [5.74, 6) is -1.21. The molecule has 1 aromatic carbocycles. The molecular formula is C14H19ClN2O4. The minimum Gasteiger partial charge on any atom is -0.480 e. The Morgan fingerprint density at radius 3 is 2.81 bits per heavy atom. The van der Waals surface area contributed by atoms with E-state index in [-0.39, 0.29) is 31.2 Å². The van der Waals surface area contributed by atoms with E-state index in [2.05, 4.69) is 0 Å². The van der Waals surface area contributed by atoms with E-state index >= 15 is 0 Å². The monoisotopic (exact) mass is 314 g/mol. The lowest BCUT2D eigenvalue weighted by molar-refractivity contribution is -0.138. The van der Waals surface area contributed by atoms with Gasteiger partial charge in [0.25, 0.3) is 0 Å². The quantitative estimate of drug-likeness (QED) is 0.870. The standard InChI is InChI=1S/C14H18N2O4.ClH/c15-11(14(18)19)5-6-13(17)16-7-8-20-9-10-3-1-2-4-12(10)16;/h1-4,11H,5-9,15H2,(H,18,19);1H/t11-;/m0./s1. The van der Waals surface area contributed by atoms with Crippen molar-refractivity contribution in [2.75, 3.05) is 18.1 Å². The smallest absolute Gasteiger partial charge is 0.320 e. The van der Waals surface area contributed by atoms with Gasteiger partial charge < -0.3 is 20.5 Å². The summed E-state index contributed by atoms with van der Waals surface area (Å²) in [5.41, 5.74) is 7.22. The Labute approximate surface area is 129 Å². The lowest BCUT2D eigenvalue weighted by Crippen LogP contribution is -2.36. The molecule has 1 aromatic rings. The molecule has 0 fully saturated rings. The molecule has 1 atom stereocenters. The summed E-state index contributed by atoms with van der Waals surface area (Å²) in [7, 11) is 0. The molecule has 1 amide bonds. The third-order valence-corrected chi connectivity index (χ3v) is 3.29. The van der Waals surface area contributed by atoms with Gasteiger partial charge >= 0.3 is 5.97 Å². The normalized spacial score (nSPS) is 15.4. The molecule has 0 spiro atoms. The van der Waals surface area contributed by atoms with Crippen molar-refractivity contribution >= 4 is 30.0 Å². The van der Waals surface area contributed by atoms with Gasteiger partial charge in [0.2, 0.25) is 5.91 Å². The minimum absolute atomic E-state index is 0. The van der Waals surface area contributed by atoms with Crippen LogP contribution < -0.4 is 10.6 Å².